The van der Waals surface area contributed by atoms with Gasteiger partial charge >= 0.3 is 0 Å². The normalized spacial score (nSPS) is 22.0. The van der Waals surface area contributed by atoms with Crippen molar-refractivity contribution in [2.45, 2.75) is 19.4 Å². The van der Waals surface area contributed by atoms with Gasteiger partial charge in [-0.2, -0.15) is 0 Å². The van der Waals surface area contributed by atoms with Crippen LogP contribution in [0, 0.1) is 16.0 Å². The van der Waals surface area contributed by atoms with Gasteiger partial charge in [0.15, 0.2) is 0 Å². The maximum absolute atomic E-state index is 12.4. The first kappa shape index (κ1) is 14.3. The number of aliphatic hydroxyl groups is 1. The molecule has 1 amide bonds. The van der Waals surface area contributed by atoms with Crippen molar-refractivity contribution >= 4 is 17.3 Å². The van der Waals surface area contributed by atoms with Gasteiger partial charge in [0.1, 0.15) is 5.69 Å². The van der Waals surface area contributed by atoms with Crippen molar-refractivity contribution in [1.82, 2.24) is 4.90 Å². The Balaban J connectivity index is 2.26. The van der Waals surface area contributed by atoms with Gasteiger partial charge in [0.25, 0.3) is 11.6 Å². The molecule has 0 saturated carbocycles. The summed E-state index contributed by atoms with van der Waals surface area (Å²) < 4.78 is 0. The van der Waals surface area contributed by atoms with Crippen LogP contribution < -0.4 is 5.73 Å². The van der Waals surface area contributed by atoms with Crippen LogP contribution >= 0.6 is 0 Å². The molecule has 1 heterocycles. The number of aliphatic hydroxyl groups excluding tert-OH is 1. The highest BCUT2D eigenvalue weighted by atomic mass is 16.6. The second kappa shape index (κ2) is 5.46. The number of nitrogens with zero attached hydrogens (tertiary/aromatic N) is 2. The van der Waals surface area contributed by atoms with Gasteiger partial charge < -0.3 is 15.7 Å². The van der Waals surface area contributed by atoms with Gasteiger partial charge in [-0.1, -0.05) is 6.92 Å². The average molecular weight is 279 g/mol. The number of carbonyl (C=O) groups is 1. The summed E-state index contributed by atoms with van der Waals surface area (Å²) in [7, 11) is 0. The van der Waals surface area contributed by atoms with E-state index in [2.05, 4.69) is 0 Å². The van der Waals surface area contributed by atoms with Gasteiger partial charge in [-0.15, -0.1) is 0 Å². The minimum atomic E-state index is -0.585. The fourth-order valence-electron chi connectivity index (χ4n) is 2.56. The number of likely N-dealkylation sites (tertiary alicyclic amines) is 1. The third-order valence-corrected chi connectivity index (χ3v) is 3.80. The van der Waals surface area contributed by atoms with Crippen LogP contribution in [0.2, 0.25) is 0 Å². The Labute approximate surface area is 116 Å². The molecule has 1 saturated heterocycles. The van der Waals surface area contributed by atoms with Crippen LogP contribution in [0.25, 0.3) is 0 Å². The molecule has 1 aliphatic heterocycles. The second-order valence-corrected chi connectivity index (χ2v) is 5.05. The summed E-state index contributed by atoms with van der Waals surface area (Å²) in [4.78, 5) is 24.1. The van der Waals surface area contributed by atoms with Gasteiger partial charge in [0.2, 0.25) is 0 Å². The summed E-state index contributed by atoms with van der Waals surface area (Å²) in [5, 5.41) is 20.1. The number of hydrogen-bond acceptors (Lipinski definition) is 5. The Kier molecular flexibility index (Phi) is 3.89. The molecular formula is C13H17N3O4. The van der Waals surface area contributed by atoms with Gasteiger partial charge in [-0.05, 0) is 24.5 Å². The molecule has 108 valence electrons. The molecule has 7 heteroatoms. The Bertz CT molecular complexity index is 546. The number of anilines is 1. The molecule has 1 aromatic carbocycles. The summed E-state index contributed by atoms with van der Waals surface area (Å²) in [6, 6.07) is 3.74. The van der Waals surface area contributed by atoms with Crippen molar-refractivity contribution in [3.05, 3.63) is 33.9 Å². The van der Waals surface area contributed by atoms with Crippen molar-refractivity contribution in [1.29, 1.82) is 0 Å². The lowest BCUT2D eigenvalue weighted by molar-refractivity contribution is -0.383. The van der Waals surface area contributed by atoms with Crippen LogP contribution in [0.4, 0.5) is 11.4 Å². The maximum Gasteiger partial charge on any atom is 0.292 e. The van der Waals surface area contributed by atoms with E-state index in [1.807, 2.05) is 6.92 Å². The van der Waals surface area contributed by atoms with Gasteiger partial charge in [0, 0.05) is 18.2 Å². The van der Waals surface area contributed by atoms with Crippen molar-refractivity contribution in [3.8, 4) is 0 Å². The monoisotopic (exact) mass is 279 g/mol. The van der Waals surface area contributed by atoms with Gasteiger partial charge in [-0.3, -0.25) is 14.9 Å². The highest BCUT2D eigenvalue weighted by Crippen LogP contribution is 2.27. The first-order chi connectivity index (χ1) is 9.45. The zero-order valence-corrected chi connectivity index (χ0v) is 11.2. The number of nitro groups is 1. The van der Waals surface area contributed by atoms with Crippen molar-refractivity contribution in [3.63, 3.8) is 0 Å². The molecule has 0 aliphatic carbocycles. The van der Waals surface area contributed by atoms with E-state index >= 15 is 0 Å². The third kappa shape index (κ3) is 2.44. The highest BCUT2D eigenvalue weighted by molar-refractivity contribution is 5.96. The SMILES string of the molecule is CC1CCN(C(=O)c2ccc([N+](=O)[O-])c(N)c2)C1CO. The van der Waals surface area contributed by atoms with E-state index in [4.69, 9.17) is 5.73 Å². The zero-order chi connectivity index (χ0) is 14.9. The smallest absolute Gasteiger partial charge is 0.292 e. The topological polar surface area (TPSA) is 110 Å². The third-order valence-electron chi connectivity index (χ3n) is 3.80. The lowest BCUT2D eigenvalue weighted by Crippen LogP contribution is -2.39. The number of nitrogen functional groups attached to an aromatic ring is 1. The molecule has 1 fully saturated rings. The maximum atomic E-state index is 12.4. The van der Waals surface area contributed by atoms with Crippen LogP contribution in [0.5, 0.6) is 0 Å². The van der Waals surface area contributed by atoms with Crippen LogP contribution in [-0.2, 0) is 0 Å². The van der Waals surface area contributed by atoms with Crippen molar-refractivity contribution < 1.29 is 14.8 Å². The van der Waals surface area contributed by atoms with Crippen molar-refractivity contribution in [2.75, 3.05) is 18.9 Å². The van der Waals surface area contributed by atoms with E-state index in [0.29, 0.717) is 12.1 Å². The molecule has 0 bridgehead atoms. The highest BCUT2D eigenvalue weighted by Gasteiger charge is 2.34. The number of nitro benzene ring substituents is 1. The molecule has 2 atom stereocenters. The zero-order valence-electron chi connectivity index (χ0n) is 11.2. The standard InChI is InChI=1S/C13H17N3O4/c1-8-4-5-15(12(8)7-17)13(18)9-2-3-11(16(19)20)10(14)6-9/h2-3,6,8,12,17H,4-5,7,14H2,1H3. The van der Waals surface area contributed by atoms with Crippen LogP contribution in [0.1, 0.15) is 23.7 Å². The largest absolute Gasteiger partial charge is 0.394 e. The van der Waals surface area contributed by atoms with E-state index in [0.717, 1.165) is 6.42 Å². The summed E-state index contributed by atoms with van der Waals surface area (Å²) in [6.45, 7) is 2.47. The molecule has 1 aromatic rings. The molecule has 0 radical (unpaired) electrons. The molecule has 3 N–H and O–H groups in total. The lowest BCUT2D eigenvalue weighted by atomic mass is 10.0. The number of hydrogen-bond donors (Lipinski definition) is 2. The number of rotatable bonds is 3. The van der Waals surface area contributed by atoms with Crippen molar-refractivity contribution in [2.24, 2.45) is 5.92 Å². The minimum absolute atomic E-state index is 0.0337. The first-order valence-electron chi connectivity index (χ1n) is 6.41. The van der Waals surface area contributed by atoms with Gasteiger partial charge in [0.05, 0.1) is 17.6 Å². The molecule has 7 nitrogen and oxygen atoms in total. The van der Waals surface area contributed by atoms with E-state index in [9.17, 15) is 20.0 Å². The molecule has 2 unspecified atom stereocenters. The fourth-order valence-corrected chi connectivity index (χ4v) is 2.56. The predicted octanol–water partition coefficient (Wildman–Crippen LogP) is 1.02. The van der Waals surface area contributed by atoms with E-state index in [-0.39, 0.29) is 35.8 Å². The van der Waals surface area contributed by atoms with Crippen LogP contribution in [-0.4, -0.2) is 40.0 Å². The second-order valence-electron chi connectivity index (χ2n) is 5.05. The lowest BCUT2D eigenvalue weighted by Gasteiger charge is -2.25. The number of amides is 1. The summed E-state index contributed by atoms with van der Waals surface area (Å²) in [5.41, 5.74) is 5.65. The Morgan fingerprint density at radius 3 is 2.85 bits per heavy atom. The Morgan fingerprint density at radius 1 is 1.60 bits per heavy atom. The predicted molar refractivity (Wildman–Crippen MR) is 73.2 cm³/mol. The molecule has 0 aromatic heterocycles. The minimum Gasteiger partial charge on any atom is -0.394 e. The summed E-state index contributed by atoms with van der Waals surface area (Å²) >= 11 is 0. The molecule has 2 rings (SSSR count). The summed E-state index contributed by atoms with van der Waals surface area (Å²) in [6.07, 6.45) is 0.833. The molecule has 0 spiro atoms. The number of nitrogens with two attached hydrogens (primary N) is 1. The fraction of sp³-hybridized carbons (Fsp3) is 0.462. The quantitative estimate of drug-likeness (QED) is 0.487. The number of carbonyl (C=O) groups excluding carboxylic acids is 1. The molecular weight excluding hydrogens is 262 g/mol. The first-order valence-corrected chi connectivity index (χ1v) is 6.41. The van der Waals surface area contributed by atoms with E-state index in [1.54, 1.807) is 4.90 Å². The molecule has 20 heavy (non-hydrogen) atoms. The van der Waals surface area contributed by atoms with E-state index in [1.165, 1.54) is 18.2 Å². The number of benzene rings is 1. The Morgan fingerprint density at radius 2 is 2.30 bits per heavy atom. The van der Waals surface area contributed by atoms with Gasteiger partial charge in [-0.25, -0.2) is 0 Å². The Hall–Kier alpha value is -2.15. The van der Waals surface area contributed by atoms with Crippen LogP contribution in [0.15, 0.2) is 18.2 Å². The van der Waals surface area contributed by atoms with E-state index < -0.39 is 4.92 Å². The molecule has 1 aliphatic rings. The van der Waals surface area contributed by atoms with Crippen LogP contribution in [0.3, 0.4) is 0 Å². The average Bonchev–Trinajstić information content (AvgIpc) is 2.78. The summed E-state index contributed by atoms with van der Waals surface area (Å²) in [5.74, 6) is -0.0191.